The van der Waals surface area contributed by atoms with E-state index < -0.39 is 28.1 Å². The largest absolute Gasteiger partial charge is 0.444 e. The smallest absolute Gasteiger partial charge is 0.407 e. The Morgan fingerprint density at radius 3 is 1.53 bits per heavy atom. The highest BCUT2D eigenvalue weighted by Gasteiger charge is 2.25. The van der Waals surface area contributed by atoms with E-state index in [1.165, 1.54) is 13.7 Å². The predicted octanol–water partition coefficient (Wildman–Crippen LogP) is 6.80. The highest BCUT2D eigenvalue weighted by Crippen LogP contribution is 2.26. The van der Waals surface area contributed by atoms with Crippen LogP contribution in [0.25, 0.3) is 22.3 Å². The van der Waals surface area contributed by atoms with Gasteiger partial charge in [-0.3, -0.25) is 27.9 Å². The normalized spacial score (nSPS) is 18.4. The summed E-state index contributed by atoms with van der Waals surface area (Å²) in [6, 6.07) is 11.1. The van der Waals surface area contributed by atoms with Gasteiger partial charge in [0.05, 0.1) is 33.2 Å². The van der Waals surface area contributed by atoms with Crippen LogP contribution in [0.2, 0.25) is 20.1 Å². The first-order chi connectivity index (χ1) is 31.9. The lowest BCUT2D eigenvalue weighted by Crippen LogP contribution is -2.42. The Balaban J connectivity index is 0.000000178. The number of anilines is 1. The van der Waals surface area contributed by atoms with E-state index in [4.69, 9.17) is 62.6 Å². The molecule has 6 N–H and O–H groups in total. The molecular weight excluding hydrogens is 1030 g/mol. The molecule has 23 heteroatoms. The molecule has 4 heterocycles. The number of nitrogens with one attached hydrogen (secondary N) is 2. The Hall–Kier alpha value is -4.63. The van der Waals surface area contributed by atoms with Gasteiger partial charge in [0, 0.05) is 52.4 Å². The van der Waals surface area contributed by atoms with Gasteiger partial charge in [-0.25, -0.2) is 19.4 Å². The van der Waals surface area contributed by atoms with Gasteiger partial charge in [0.25, 0.3) is 11.1 Å². The number of alkyl carbamates (subject to hydrolysis) is 1. The van der Waals surface area contributed by atoms with Crippen LogP contribution in [0.3, 0.4) is 0 Å². The van der Waals surface area contributed by atoms with Crippen molar-refractivity contribution >= 4 is 96.7 Å². The summed E-state index contributed by atoms with van der Waals surface area (Å²) in [6.07, 6.45) is 7.38. The number of imidazole rings is 2. The second kappa shape index (κ2) is 22.0. The van der Waals surface area contributed by atoms with Crippen molar-refractivity contribution in [3.63, 3.8) is 0 Å². The van der Waals surface area contributed by atoms with E-state index in [1.54, 1.807) is 73.7 Å². The summed E-state index contributed by atoms with van der Waals surface area (Å²) in [5.74, 6) is 0.574. The third kappa shape index (κ3) is 12.4. The van der Waals surface area contributed by atoms with Crippen molar-refractivity contribution in [3.05, 3.63) is 114 Å². The monoisotopic (exact) mass is 1080 g/mol. The average molecular weight is 1080 g/mol. The zero-order chi connectivity index (χ0) is 49.9. The Morgan fingerprint density at radius 1 is 0.662 bits per heavy atom. The molecule has 2 aromatic carbocycles. The van der Waals surface area contributed by atoms with Gasteiger partial charge in [-0.1, -0.05) is 58.5 Å². The van der Waals surface area contributed by atoms with Crippen LogP contribution >= 0.6 is 62.3 Å². The molecule has 68 heavy (non-hydrogen) atoms. The number of benzene rings is 2. The first-order valence-corrected chi connectivity index (χ1v) is 24.4. The first kappa shape index (κ1) is 52.7. The summed E-state index contributed by atoms with van der Waals surface area (Å²) in [6.45, 7) is 5.78. The highest BCUT2D eigenvalue weighted by atomic mass is 79.9. The average Bonchev–Trinajstić information content (AvgIpc) is 3.77. The van der Waals surface area contributed by atoms with Gasteiger partial charge < -0.3 is 36.0 Å². The maximum Gasteiger partial charge on any atom is 0.407 e. The summed E-state index contributed by atoms with van der Waals surface area (Å²) >= 11 is 27.2. The van der Waals surface area contributed by atoms with E-state index in [0.29, 0.717) is 70.3 Å². The van der Waals surface area contributed by atoms with Gasteiger partial charge in [0.1, 0.15) is 5.60 Å². The number of hydrogen-bond donors (Lipinski definition) is 4. The third-order valence-electron chi connectivity index (χ3n) is 11.9. The van der Waals surface area contributed by atoms with Crippen LogP contribution in [0.5, 0.6) is 0 Å². The molecule has 2 aliphatic rings. The number of nitrogens with two attached hydrogens (primary N) is 2. The number of aryl methyl sites for hydroxylation is 4. The Morgan fingerprint density at radius 2 is 1.09 bits per heavy atom. The first-order valence-electron chi connectivity index (χ1n) is 22.1. The van der Waals surface area contributed by atoms with Crippen molar-refractivity contribution in [2.75, 3.05) is 5.32 Å². The second-order valence-corrected chi connectivity index (χ2v) is 20.6. The fraction of sp³-hybridized carbons (Fsp3) is 0.489. The van der Waals surface area contributed by atoms with Crippen molar-refractivity contribution in [2.45, 2.75) is 115 Å². The number of nitrogens with zero attached hydrogens (tertiary/aromatic N) is 8. The van der Waals surface area contributed by atoms with Crippen LogP contribution < -0.4 is 44.6 Å². The number of amides is 1. The minimum Gasteiger partial charge on any atom is -0.444 e. The summed E-state index contributed by atoms with van der Waals surface area (Å²) in [5.41, 5.74) is 12.5. The van der Waals surface area contributed by atoms with E-state index >= 15 is 0 Å². The number of aromatic nitrogens is 8. The lowest BCUT2D eigenvalue weighted by molar-refractivity contribution is 0.0491. The van der Waals surface area contributed by atoms with Crippen LogP contribution in [0.15, 0.2) is 60.3 Å². The van der Waals surface area contributed by atoms with Crippen molar-refractivity contribution < 1.29 is 9.53 Å². The molecule has 2 saturated carbocycles. The number of ether oxygens (including phenoxy) is 1. The number of halogens is 5. The Labute approximate surface area is 420 Å². The standard InChI is InChI=1S/C20H24Cl2N6O2.C14H11BrCl2N4O2.C11H22N2O2/c1-26-16-17(25-19(26)24-13-6-4-12(23)5-7-13)27(2)20(30)28(18(16)29)10-11-3-8-14(21)15(22)9-11;1-19-10-11(18-13(19)15)20(2)14(23)21(12(10)22)6-7-3-4-8(16)9(17)5-7;1-11(2,3)15-10(14)13-9-6-4-8(12)5-7-9/h3,8-9,12-13H,4-7,10,23H2,1-2H3,(H,24,25);3-5H,6H2,1-2H3;8-9H,4-7,12H2,1-3H3,(H,13,14). The van der Waals surface area contributed by atoms with Crippen LogP contribution in [-0.2, 0) is 46.0 Å². The van der Waals surface area contributed by atoms with Crippen LogP contribution in [-0.4, -0.2) is 73.2 Å². The molecule has 4 aromatic heterocycles. The third-order valence-corrected chi connectivity index (χ3v) is 14.1. The molecule has 2 aliphatic carbocycles. The van der Waals surface area contributed by atoms with Gasteiger partial charge >= 0.3 is 17.5 Å². The van der Waals surface area contributed by atoms with E-state index in [9.17, 15) is 24.0 Å². The maximum atomic E-state index is 13.2. The van der Waals surface area contributed by atoms with E-state index in [1.807, 2.05) is 20.8 Å². The summed E-state index contributed by atoms with van der Waals surface area (Å²) in [7, 11) is 6.68. The molecular formula is C45H57BrCl4N12O6. The molecule has 0 spiro atoms. The Kier molecular flexibility index (Phi) is 17.0. The van der Waals surface area contributed by atoms with Crippen molar-refractivity contribution in [1.29, 1.82) is 0 Å². The zero-order valence-electron chi connectivity index (χ0n) is 38.9. The zero-order valence-corrected chi connectivity index (χ0v) is 43.5. The van der Waals surface area contributed by atoms with Crippen molar-refractivity contribution in [1.82, 2.24) is 42.7 Å². The van der Waals surface area contributed by atoms with Gasteiger partial charge in [0.15, 0.2) is 27.1 Å². The van der Waals surface area contributed by atoms with Crippen molar-refractivity contribution in [2.24, 2.45) is 39.7 Å². The molecule has 368 valence electrons. The fourth-order valence-electron chi connectivity index (χ4n) is 8.09. The van der Waals surface area contributed by atoms with Gasteiger partial charge in [0.2, 0.25) is 5.95 Å². The highest BCUT2D eigenvalue weighted by molar-refractivity contribution is 9.10. The molecule has 18 nitrogen and oxygen atoms in total. The number of hydrogen-bond acceptors (Lipinski definition) is 11. The molecule has 2 fully saturated rings. The molecule has 0 aliphatic heterocycles. The number of rotatable bonds is 7. The molecule has 0 atom stereocenters. The van der Waals surface area contributed by atoms with Crippen LogP contribution in [0, 0.1) is 0 Å². The molecule has 0 radical (unpaired) electrons. The van der Waals surface area contributed by atoms with Gasteiger partial charge in [-0.2, -0.15) is 4.98 Å². The molecule has 0 bridgehead atoms. The quantitative estimate of drug-likeness (QED) is 0.122. The van der Waals surface area contributed by atoms with Gasteiger partial charge in [-0.15, -0.1) is 0 Å². The minimum absolute atomic E-state index is 0.0901. The van der Waals surface area contributed by atoms with Gasteiger partial charge in [-0.05, 0) is 123 Å². The number of carbonyl (C=O) groups is 1. The van der Waals surface area contributed by atoms with E-state index in [0.717, 1.165) is 55.9 Å². The topological polar surface area (TPSA) is 226 Å². The maximum absolute atomic E-state index is 13.2. The summed E-state index contributed by atoms with van der Waals surface area (Å²) in [5, 5.41) is 7.88. The minimum atomic E-state index is -0.445. The molecule has 1 amide bonds. The van der Waals surface area contributed by atoms with Crippen LogP contribution in [0.4, 0.5) is 10.7 Å². The predicted molar refractivity (Wildman–Crippen MR) is 273 cm³/mol. The summed E-state index contributed by atoms with van der Waals surface area (Å²) in [4.78, 5) is 71.5. The van der Waals surface area contributed by atoms with E-state index in [-0.39, 0.29) is 37.3 Å². The molecule has 0 unspecified atom stereocenters. The fourth-order valence-corrected chi connectivity index (χ4v) is 9.08. The molecule has 0 saturated heterocycles. The lowest BCUT2D eigenvalue weighted by atomic mass is 9.92. The second-order valence-electron chi connectivity index (χ2n) is 18.3. The summed E-state index contributed by atoms with van der Waals surface area (Å²) < 4.78 is 14.1. The Bertz CT molecular complexity index is 3060. The van der Waals surface area contributed by atoms with Crippen molar-refractivity contribution in [3.8, 4) is 0 Å². The molecule has 6 aromatic rings. The van der Waals surface area contributed by atoms with Crippen LogP contribution in [0.1, 0.15) is 83.3 Å². The number of carbonyl (C=O) groups excluding carboxylic acids is 1. The lowest BCUT2D eigenvalue weighted by Gasteiger charge is -2.28. The number of fused-ring (bicyclic) bond motifs is 2. The SMILES string of the molecule is CC(C)(C)OC(=O)NC1CCC(N)CC1.Cn1c(Br)nc2c1c(=O)n(Cc1ccc(Cl)c(Cl)c1)c(=O)n2C.Cn1c(NC2CCC(N)CC2)nc2c1c(=O)n(Cc1ccc(Cl)c(Cl)c1)c(=O)n2C. The molecule has 8 rings (SSSR count). The van der Waals surface area contributed by atoms with E-state index in [2.05, 4.69) is 36.5 Å².